The summed E-state index contributed by atoms with van der Waals surface area (Å²) in [4.78, 5) is 24.3. The Balaban J connectivity index is 2.34. The minimum atomic E-state index is -8.73. The van der Waals surface area contributed by atoms with Gasteiger partial charge in [-0.1, -0.05) is 58.9 Å². The number of carbonyl (C=O) groups excluding carboxylic acids is 2. The standard InChI is InChI=1S/C40H43F19N2O6Si/c1-21(2)68(22(3)4,18-15-33(43,44)34(45,46)35(47,48)36(49,50)37(51,52)38(53,54)39(55,56)40(57,58)59)66-17-16-65-27-12-9-25(10-13-27)31(24(6)8-7-23(5)19-30(62)61-64)67-32(63)60-29-14-11-26(41)20-28(29)42/h7-14,19-22,24,31,64H,15-18H2,1-6H3,(H,60,63)(H,61,62)/b8-7+,23-19+/t24-,31+/m0/s1. The van der Waals surface area contributed by atoms with E-state index in [1.54, 1.807) is 6.92 Å². The number of nitrogens with one attached hydrogen (secondary N) is 2. The Morgan fingerprint density at radius 2 is 1.21 bits per heavy atom. The van der Waals surface area contributed by atoms with Crippen molar-refractivity contribution in [3.8, 4) is 5.75 Å². The summed E-state index contributed by atoms with van der Waals surface area (Å²) >= 11 is 0. The SMILES string of the molecule is CC(/C=C/[C@H](C)[C@@H](OC(=O)Nc1ccc(F)cc1F)c1ccc(OCCO[Si](CCC(F)(F)C(F)(F)C(F)(F)C(F)(F)C(F)(F)C(F)(F)C(F)(F)C(F)(F)F)(C(C)C)C(C)C)cc1)=C\C(=O)NO. The van der Waals surface area contributed by atoms with Crippen LogP contribution in [-0.4, -0.2) is 86.4 Å². The van der Waals surface area contributed by atoms with Crippen molar-refractivity contribution in [1.82, 2.24) is 5.48 Å². The number of ether oxygens (including phenoxy) is 2. The Kier molecular flexibility index (Phi) is 18.8. The van der Waals surface area contributed by atoms with Gasteiger partial charge >= 0.3 is 53.7 Å². The lowest BCUT2D eigenvalue weighted by atomic mass is 9.88. The van der Waals surface area contributed by atoms with Gasteiger partial charge in [0, 0.05) is 24.5 Å². The summed E-state index contributed by atoms with van der Waals surface area (Å²) in [6, 6.07) is 6.21. The van der Waals surface area contributed by atoms with E-state index in [-0.39, 0.29) is 11.3 Å². The summed E-state index contributed by atoms with van der Waals surface area (Å²) in [5.74, 6) is -60.7. The number of benzene rings is 2. The van der Waals surface area contributed by atoms with Gasteiger partial charge in [0.2, 0.25) is 0 Å². The summed E-state index contributed by atoms with van der Waals surface area (Å²) in [5.41, 5.74) is -0.352. The van der Waals surface area contributed by atoms with Crippen LogP contribution in [0.25, 0.3) is 0 Å². The maximum absolute atomic E-state index is 15.0. The van der Waals surface area contributed by atoms with Gasteiger partial charge in [-0.2, -0.15) is 74.6 Å². The van der Waals surface area contributed by atoms with E-state index in [2.05, 4.69) is 5.32 Å². The molecule has 0 unspecified atom stereocenters. The highest BCUT2D eigenvalue weighted by Crippen LogP contribution is 2.64. The second kappa shape index (κ2) is 21.5. The Labute approximate surface area is 375 Å². The van der Waals surface area contributed by atoms with Gasteiger partial charge in [0.05, 0.1) is 12.3 Å². The van der Waals surface area contributed by atoms with Crippen LogP contribution in [0.1, 0.15) is 59.6 Å². The number of hydroxylamine groups is 1. The molecule has 2 aromatic carbocycles. The first-order valence-electron chi connectivity index (χ1n) is 19.5. The van der Waals surface area contributed by atoms with Gasteiger partial charge in [-0.15, -0.1) is 0 Å². The molecule has 0 fully saturated rings. The fourth-order valence-electron chi connectivity index (χ4n) is 6.52. The number of carbonyl (C=O) groups is 2. The number of anilines is 1. The van der Waals surface area contributed by atoms with E-state index in [4.69, 9.17) is 19.1 Å². The van der Waals surface area contributed by atoms with Crippen LogP contribution in [0.3, 0.4) is 0 Å². The Hall–Kier alpha value is -4.73. The van der Waals surface area contributed by atoms with E-state index in [9.17, 15) is 84.2 Å². The molecule has 2 rings (SSSR count). The molecule has 0 aliphatic rings. The van der Waals surface area contributed by atoms with Crippen LogP contribution < -0.4 is 15.5 Å². The lowest BCUT2D eigenvalue weighted by Gasteiger charge is -2.44. The predicted octanol–water partition coefficient (Wildman–Crippen LogP) is 13.5. The fourth-order valence-corrected chi connectivity index (χ4v) is 11.0. The smallest absolute Gasteiger partial charge is 0.460 e. The van der Waals surface area contributed by atoms with Gasteiger partial charge < -0.3 is 13.9 Å². The average molecular weight is 1040 g/mol. The lowest BCUT2D eigenvalue weighted by Crippen LogP contribution is -2.74. The number of alkyl halides is 17. The van der Waals surface area contributed by atoms with E-state index in [0.717, 1.165) is 18.2 Å². The first kappa shape index (κ1) is 59.4. The van der Waals surface area contributed by atoms with Crippen molar-refractivity contribution in [2.24, 2.45) is 5.92 Å². The van der Waals surface area contributed by atoms with Crippen molar-refractivity contribution in [1.29, 1.82) is 0 Å². The highest BCUT2D eigenvalue weighted by molar-refractivity contribution is 6.76. The molecule has 0 saturated carbocycles. The van der Waals surface area contributed by atoms with E-state index in [1.807, 2.05) is 0 Å². The van der Waals surface area contributed by atoms with Crippen LogP contribution in [0.4, 0.5) is 93.9 Å². The number of rotatable bonds is 23. The molecule has 0 aliphatic heterocycles. The summed E-state index contributed by atoms with van der Waals surface area (Å²) < 4.78 is 280. The summed E-state index contributed by atoms with van der Waals surface area (Å²) in [5, 5.41) is 10.9. The Morgan fingerprint density at radius 1 is 0.706 bits per heavy atom. The zero-order valence-corrected chi connectivity index (χ0v) is 37.1. The van der Waals surface area contributed by atoms with Gasteiger partial charge in [-0.05, 0) is 59.5 Å². The quantitative estimate of drug-likeness (QED) is 0.0195. The molecule has 386 valence electrons. The monoisotopic (exact) mass is 1040 g/mol. The van der Waals surface area contributed by atoms with Gasteiger partial charge in [-0.3, -0.25) is 15.3 Å². The minimum absolute atomic E-state index is 0.0250. The fraction of sp³-hybridized carbons (Fsp3) is 0.550. The topological polar surface area (TPSA) is 106 Å². The highest BCUT2D eigenvalue weighted by Gasteiger charge is 2.95. The second-order valence-electron chi connectivity index (χ2n) is 15.8. The predicted molar refractivity (Wildman–Crippen MR) is 205 cm³/mol. The molecule has 8 nitrogen and oxygen atoms in total. The molecule has 68 heavy (non-hydrogen) atoms. The van der Waals surface area contributed by atoms with Gasteiger partial charge in [0.15, 0.2) is 8.32 Å². The molecule has 2 atom stereocenters. The third-order valence-corrected chi connectivity index (χ3v) is 16.2. The molecule has 0 radical (unpaired) electrons. The molecule has 28 heteroatoms. The normalized spacial score (nSPS) is 15.2. The van der Waals surface area contributed by atoms with Crippen LogP contribution in [-0.2, 0) is 14.0 Å². The van der Waals surface area contributed by atoms with Gasteiger partial charge in [0.25, 0.3) is 5.91 Å². The average Bonchev–Trinajstić information content (AvgIpc) is 3.21. The molecule has 3 N–H and O–H groups in total. The third-order valence-electron chi connectivity index (χ3n) is 10.5. The molecule has 2 amide bonds. The van der Waals surface area contributed by atoms with Crippen molar-refractivity contribution in [3.05, 3.63) is 83.5 Å². The van der Waals surface area contributed by atoms with Crippen LogP contribution >= 0.6 is 0 Å². The minimum Gasteiger partial charge on any atom is -0.491 e. The van der Waals surface area contributed by atoms with Crippen LogP contribution in [0.15, 0.2) is 66.3 Å². The molecule has 0 aromatic heterocycles. The maximum Gasteiger partial charge on any atom is 0.460 e. The second-order valence-corrected chi connectivity index (χ2v) is 20.8. The van der Waals surface area contributed by atoms with Crippen molar-refractivity contribution < 1.29 is 112 Å². The molecule has 2 aromatic rings. The number of allylic oxidation sites excluding steroid dienone is 2. The third kappa shape index (κ3) is 12.2. The molecule has 0 spiro atoms. The van der Waals surface area contributed by atoms with E-state index < -0.39 is 134 Å². The molecular formula is C40H43F19N2O6Si. The van der Waals surface area contributed by atoms with Crippen molar-refractivity contribution >= 4 is 26.0 Å². The molecular weight excluding hydrogens is 993 g/mol. The number of hydrogen-bond donors (Lipinski definition) is 3. The molecule has 0 aliphatic carbocycles. The number of hydrogen-bond acceptors (Lipinski definition) is 6. The lowest BCUT2D eigenvalue weighted by molar-refractivity contribution is -0.461. The maximum atomic E-state index is 15.0. The first-order valence-corrected chi connectivity index (χ1v) is 21.8. The van der Waals surface area contributed by atoms with Crippen LogP contribution in [0, 0.1) is 17.6 Å². The number of amides is 2. The van der Waals surface area contributed by atoms with Crippen molar-refractivity contribution in [2.45, 2.75) is 119 Å². The highest BCUT2D eigenvalue weighted by atomic mass is 28.4. The van der Waals surface area contributed by atoms with E-state index in [1.165, 1.54) is 76.5 Å². The zero-order chi connectivity index (χ0) is 52.9. The summed E-state index contributed by atoms with van der Waals surface area (Å²) in [7, 11) is -4.07. The number of halogens is 19. The molecule has 0 heterocycles. The van der Waals surface area contributed by atoms with E-state index in [0.29, 0.717) is 11.6 Å². The van der Waals surface area contributed by atoms with E-state index >= 15 is 8.78 Å². The molecule has 0 saturated heterocycles. The largest absolute Gasteiger partial charge is 0.491 e. The van der Waals surface area contributed by atoms with Crippen molar-refractivity contribution in [3.63, 3.8) is 0 Å². The van der Waals surface area contributed by atoms with Gasteiger partial charge in [-0.25, -0.2) is 19.1 Å². The molecule has 0 bridgehead atoms. The van der Waals surface area contributed by atoms with Crippen LogP contribution in [0.2, 0.25) is 17.1 Å². The van der Waals surface area contributed by atoms with Gasteiger partial charge in [0.1, 0.15) is 30.1 Å². The Bertz CT molecular complexity index is 2090. The van der Waals surface area contributed by atoms with Crippen LogP contribution in [0.5, 0.6) is 5.75 Å². The Morgan fingerprint density at radius 3 is 1.68 bits per heavy atom. The zero-order valence-electron chi connectivity index (χ0n) is 36.1. The summed E-state index contributed by atoms with van der Waals surface area (Å²) in [6.07, 6.45) is -8.94. The first-order chi connectivity index (χ1) is 30.7. The summed E-state index contributed by atoms with van der Waals surface area (Å²) in [6.45, 7) is 7.07. The van der Waals surface area contributed by atoms with Crippen molar-refractivity contribution in [2.75, 3.05) is 18.5 Å².